The second-order valence-electron chi connectivity index (χ2n) is 7.98. The Balaban J connectivity index is 1.43. The van der Waals surface area contributed by atoms with E-state index in [2.05, 4.69) is 50.9 Å². The normalized spacial score (nSPS) is 15.8. The SMILES string of the molecule is CCNC(=NCC(c1cccc(OC)c1)N1CCCC1)NCCc1nnc2ccccn12. The number of pyridine rings is 1. The molecule has 3 aromatic rings. The summed E-state index contributed by atoms with van der Waals surface area (Å²) in [6.45, 7) is 6.55. The topological polar surface area (TPSA) is 79.1 Å². The molecule has 1 aliphatic rings. The molecule has 1 unspecified atom stereocenters. The van der Waals surface area contributed by atoms with Gasteiger partial charge in [0.15, 0.2) is 11.6 Å². The number of aromatic nitrogens is 3. The molecule has 1 aromatic carbocycles. The van der Waals surface area contributed by atoms with Gasteiger partial charge >= 0.3 is 0 Å². The second-order valence-corrected chi connectivity index (χ2v) is 7.98. The van der Waals surface area contributed by atoms with E-state index in [0.29, 0.717) is 6.54 Å². The number of hydrogen-bond donors (Lipinski definition) is 2. The highest BCUT2D eigenvalue weighted by Gasteiger charge is 2.23. The van der Waals surface area contributed by atoms with Crippen molar-refractivity contribution in [1.29, 1.82) is 0 Å². The van der Waals surface area contributed by atoms with Crippen molar-refractivity contribution in [3.8, 4) is 5.75 Å². The van der Waals surface area contributed by atoms with Crippen LogP contribution in [0.15, 0.2) is 53.7 Å². The fourth-order valence-corrected chi connectivity index (χ4v) is 4.21. The van der Waals surface area contributed by atoms with Crippen molar-refractivity contribution in [3.05, 3.63) is 60.0 Å². The van der Waals surface area contributed by atoms with E-state index in [1.807, 2.05) is 34.9 Å². The molecule has 0 saturated carbocycles. The number of ether oxygens (including phenoxy) is 1. The number of nitrogens with zero attached hydrogens (tertiary/aromatic N) is 5. The van der Waals surface area contributed by atoms with Crippen LogP contribution in [0.25, 0.3) is 5.65 Å². The minimum Gasteiger partial charge on any atom is -0.497 e. The van der Waals surface area contributed by atoms with Crippen molar-refractivity contribution in [1.82, 2.24) is 30.1 Å². The predicted octanol–water partition coefficient (Wildman–Crippen LogP) is 2.67. The van der Waals surface area contributed by atoms with E-state index in [1.54, 1.807) is 7.11 Å². The highest BCUT2D eigenvalue weighted by molar-refractivity contribution is 5.79. The van der Waals surface area contributed by atoms with Crippen LogP contribution >= 0.6 is 0 Å². The lowest BCUT2D eigenvalue weighted by Gasteiger charge is -2.27. The van der Waals surface area contributed by atoms with Gasteiger partial charge in [-0.1, -0.05) is 18.2 Å². The van der Waals surface area contributed by atoms with Gasteiger partial charge < -0.3 is 15.4 Å². The van der Waals surface area contributed by atoms with Crippen LogP contribution in [0.3, 0.4) is 0 Å². The van der Waals surface area contributed by atoms with Gasteiger partial charge in [-0.15, -0.1) is 10.2 Å². The fraction of sp³-hybridized carbons (Fsp3) is 0.458. The number of likely N-dealkylation sites (tertiary alicyclic amines) is 1. The molecule has 1 aliphatic heterocycles. The standard InChI is InChI=1S/C24H33N7O/c1-3-25-24(26-13-12-23-29-28-22-11-4-5-16-31(22)23)27-18-21(30-14-6-7-15-30)19-9-8-10-20(17-19)32-2/h4-5,8-11,16-17,21H,3,6-7,12-15,18H2,1-2H3,(H2,25,26,27). The number of rotatable bonds is 9. The first kappa shape index (κ1) is 22.1. The maximum Gasteiger partial charge on any atom is 0.191 e. The first-order valence-electron chi connectivity index (χ1n) is 11.5. The molecular weight excluding hydrogens is 402 g/mol. The Bertz CT molecular complexity index is 1030. The van der Waals surface area contributed by atoms with E-state index in [-0.39, 0.29) is 6.04 Å². The highest BCUT2D eigenvalue weighted by atomic mass is 16.5. The zero-order chi connectivity index (χ0) is 22.2. The first-order chi connectivity index (χ1) is 15.8. The average Bonchev–Trinajstić information content (AvgIpc) is 3.50. The molecule has 1 saturated heterocycles. The maximum absolute atomic E-state index is 5.46. The van der Waals surface area contributed by atoms with Crippen LogP contribution in [0.1, 0.15) is 37.2 Å². The zero-order valence-electron chi connectivity index (χ0n) is 19.0. The maximum atomic E-state index is 5.46. The van der Waals surface area contributed by atoms with Crippen molar-refractivity contribution >= 4 is 11.6 Å². The lowest BCUT2D eigenvalue weighted by atomic mass is 10.1. The number of benzene rings is 1. The minimum atomic E-state index is 0.239. The number of aliphatic imine (C=N–C) groups is 1. The third-order valence-electron chi connectivity index (χ3n) is 5.85. The van der Waals surface area contributed by atoms with Gasteiger partial charge in [0, 0.05) is 25.7 Å². The molecule has 4 rings (SSSR count). The highest BCUT2D eigenvalue weighted by Crippen LogP contribution is 2.27. The van der Waals surface area contributed by atoms with E-state index >= 15 is 0 Å². The van der Waals surface area contributed by atoms with E-state index < -0.39 is 0 Å². The molecule has 0 bridgehead atoms. The summed E-state index contributed by atoms with van der Waals surface area (Å²) in [6.07, 6.45) is 5.25. The zero-order valence-corrected chi connectivity index (χ0v) is 19.0. The molecule has 0 spiro atoms. The van der Waals surface area contributed by atoms with Crippen LogP contribution in [0.5, 0.6) is 5.75 Å². The van der Waals surface area contributed by atoms with Crippen molar-refractivity contribution in [2.45, 2.75) is 32.2 Å². The number of fused-ring (bicyclic) bond motifs is 1. The molecule has 0 aliphatic carbocycles. The van der Waals surface area contributed by atoms with Gasteiger partial charge in [-0.2, -0.15) is 0 Å². The molecule has 1 atom stereocenters. The monoisotopic (exact) mass is 435 g/mol. The van der Waals surface area contributed by atoms with Gasteiger partial charge in [0.25, 0.3) is 0 Å². The summed E-state index contributed by atoms with van der Waals surface area (Å²) >= 11 is 0. The van der Waals surface area contributed by atoms with Gasteiger partial charge in [0.2, 0.25) is 0 Å². The number of methoxy groups -OCH3 is 1. The molecule has 3 heterocycles. The van der Waals surface area contributed by atoms with Crippen molar-refractivity contribution in [2.75, 3.05) is 39.8 Å². The van der Waals surface area contributed by atoms with Crippen LogP contribution < -0.4 is 15.4 Å². The summed E-state index contributed by atoms with van der Waals surface area (Å²) in [7, 11) is 1.72. The summed E-state index contributed by atoms with van der Waals surface area (Å²) in [4.78, 5) is 7.47. The quantitative estimate of drug-likeness (QED) is 0.397. The van der Waals surface area contributed by atoms with Gasteiger partial charge in [-0.3, -0.25) is 14.3 Å². The first-order valence-corrected chi connectivity index (χ1v) is 11.5. The average molecular weight is 436 g/mol. The molecule has 0 radical (unpaired) electrons. The van der Waals surface area contributed by atoms with Crippen LogP contribution in [0, 0.1) is 0 Å². The second kappa shape index (κ2) is 10.9. The summed E-state index contributed by atoms with van der Waals surface area (Å²) < 4.78 is 7.48. The molecule has 32 heavy (non-hydrogen) atoms. The van der Waals surface area contributed by atoms with Crippen LogP contribution in [0.2, 0.25) is 0 Å². The van der Waals surface area contributed by atoms with Crippen molar-refractivity contribution in [2.24, 2.45) is 4.99 Å². The van der Waals surface area contributed by atoms with Gasteiger partial charge in [-0.05, 0) is 62.7 Å². The molecule has 8 heteroatoms. The molecule has 2 aromatic heterocycles. The van der Waals surface area contributed by atoms with Crippen molar-refractivity contribution in [3.63, 3.8) is 0 Å². The molecule has 0 amide bonds. The smallest absolute Gasteiger partial charge is 0.191 e. The summed E-state index contributed by atoms with van der Waals surface area (Å²) in [5.41, 5.74) is 2.12. The number of nitrogens with one attached hydrogen (secondary N) is 2. The van der Waals surface area contributed by atoms with Gasteiger partial charge in [0.05, 0.1) is 19.7 Å². The van der Waals surface area contributed by atoms with Gasteiger partial charge in [-0.25, -0.2) is 0 Å². The Morgan fingerprint density at radius 3 is 2.81 bits per heavy atom. The molecule has 1 fully saturated rings. The third-order valence-corrected chi connectivity index (χ3v) is 5.85. The largest absolute Gasteiger partial charge is 0.497 e. The predicted molar refractivity (Wildman–Crippen MR) is 127 cm³/mol. The van der Waals surface area contributed by atoms with E-state index in [0.717, 1.165) is 55.8 Å². The number of guanidine groups is 1. The Labute approximate surface area is 189 Å². The number of hydrogen-bond acceptors (Lipinski definition) is 5. The summed E-state index contributed by atoms with van der Waals surface area (Å²) in [5, 5.41) is 15.4. The third kappa shape index (κ3) is 5.37. The Hall–Kier alpha value is -3.13. The Kier molecular flexibility index (Phi) is 7.55. The van der Waals surface area contributed by atoms with E-state index in [1.165, 1.54) is 18.4 Å². The summed E-state index contributed by atoms with van der Waals surface area (Å²) in [6, 6.07) is 14.5. The molecule has 8 nitrogen and oxygen atoms in total. The molecule has 170 valence electrons. The van der Waals surface area contributed by atoms with Gasteiger partial charge in [0.1, 0.15) is 11.6 Å². The molecular formula is C24H33N7O. The van der Waals surface area contributed by atoms with Crippen LogP contribution in [-0.4, -0.2) is 65.3 Å². The fourth-order valence-electron chi connectivity index (χ4n) is 4.21. The lowest BCUT2D eigenvalue weighted by Crippen LogP contribution is -2.39. The molecule has 2 N–H and O–H groups in total. The van der Waals surface area contributed by atoms with E-state index in [4.69, 9.17) is 9.73 Å². The van der Waals surface area contributed by atoms with Crippen LogP contribution in [0.4, 0.5) is 0 Å². The Morgan fingerprint density at radius 2 is 2.00 bits per heavy atom. The summed E-state index contributed by atoms with van der Waals surface area (Å²) in [5.74, 6) is 2.66. The van der Waals surface area contributed by atoms with E-state index in [9.17, 15) is 0 Å². The van der Waals surface area contributed by atoms with Crippen LogP contribution in [-0.2, 0) is 6.42 Å². The Morgan fingerprint density at radius 1 is 1.12 bits per heavy atom. The lowest BCUT2D eigenvalue weighted by molar-refractivity contribution is 0.251. The van der Waals surface area contributed by atoms with Crippen molar-refractivity contribution < 1.29 is 4.74 Å². The minimum absolute atomic E-state index is 0.239.